The van der Waals surface area contributed by atoms with Crippen LogP contribution < -0.4 is 0 Å². The van der Waals surface area contributed by atoms with Crippen LogP contribution in [0.2, 0.25) is 0 Å². The highest BCUT2D eigenvalue weighted by atomic mass is 32.2. The molecule has 1 fully saturated rings. The molecule has 1 aromatic carbocycles. The van der Waals surface area contributed by atoms with Crippen LogP contribution in [0.15, 0.2) is 41.8 Å². The lowest BCUT2D eigenvalue weighted by Crippen LogP contribution is -2.48. The zero-order chi connectivity index (χ0) is 15.5. The Morgan fingerprint density at radius 1 is 1.24 bits per heavy atom. The van der Waals surface area contributed by atoms with E-state index in [2.05, 4.69) is 11.5 Å². The molecule has 8 heteroatoms. The van der Waals surface area contributed by atoms with Gasteiger partial charge in [0.05, 0.1) is 4.92 Å². The van der Waals surface area contributed by atoms with Gasteiger partial charge in [0.15, 0.2) is 4.90 Å². The van der Waals surface area contributed by atoms with Gasteiger partial charge in [-0.05, 0) is 6.07 Å². The Hall–Kier alpha value is -1.77. The molecule has 7 nitrogen and oxygen atoms in total. The van der Waals surface area contributed by atoms with Gasteiger partial charge in [0.1, 0.15) is 0 Å². The topological polar surface area (TPSA) is 83.8 Å². The van der Waals surface area contributed by atoms with E-state index in [0.717, 1.165) is 0 Å². The van der Waals surface area contributed by atoms with Gasteiger partial charge in [-0.2, -0.15) is 4.31 Å². The number of nitro groups is 1. The van der Waals surface area contributed by atoms with Gasteiger partial charge < -0.3 is 0 Å². The van der Waals surface area contributed by atoms with Gasteiger partial charge in [-0.3, -0.25) is 15.0 Å². The molecular formula is C13H17N3O4S. The number of hydrogen-bond donors (Lipinski definition) is 0. The summed E-state index contributed by atoms with van der Waals surface area (Å²) >= 11 is 0. The average molecular weight is 311 g/mol. The van der Waals surface area contributed by atoms with Crippen molar-refractivity contribution in [1.82, 2.24) is 9.21 Å². The average Bonchev–Trinajstić information content (AvgIpc) is 2.48. The number of rotatable bonds is 5. The van der Waals surface area contributed by atoms with Crippen LogP contribution in [0.1, 0.15) is 0 Å². The largest absolute Gasteiger partial charge is 0.297 e. The van der Waals surface area contributed by atoms with Crippen molar-refractivity contribution < 1.29 is 13.3 Å². The van der Waals surface area contributed by atoms with Gasteiger partial charge in [-0.15, -0.1) is 6.58 Å². The first-order valence-electron chi connectivity index (χ1n) is 6.53. The van der Waals surface area contributed by atoms with Crippen LogP contribution in [0, 0.1) is 10.1 Å². The molecule has 1 aliphatic heterocycles. The Bertz CT molecular complexity index is 637. The van der Waals surface area contributed by atoms with E-state index in [1.165, 1.54) is 28.6 Å². The predicted octanol–water partition coefficient (Wildman–Crippen LogP) is 1.09. The first kappa shape index (κ1) is 15.6. The second kappa shape index (κ2) is 6.33. The van der Waals surface area contributed by atoms with Crippen molar-refractivity contribution in [2.45, 2.75) is 4.90 Å². The lowest BCUT2D eigenvalue weighted by Gasteiger charge is -2.33. The summed E-state index contributed by atoms with van der Waals surface area (Å²) < 4.78 is 26.4. The minimum atomic E-state index is -3.84. The van der Waals surface area contributed by atoms with Gasteiger partial charge in [-0.25, -0.2) is 8.42 Å². The number of sulfonamides is 1. The van der Waals surface area contributed by atoms with Gasteiger partial charge in [-0.1, -0.05) is 18.2 Å². The van der Waals surface area contributed by atoms with E-state index in [9.17, 15) is 18.5 Å². The number of nitro benzene ring substituents is 1. The van der Waals surface area contributed by atoms with Crippen LogP contribution in [0.5, 0.6) is 0 Å². The van der Waals surface area contributed by atoms with Crippen molar-refractivity contribution in [3.63, 3.8) is 0 Å². The molecule has 1 aliphatic rings. The van der Waals surface area contributed by atoms with Crippen molar-refractivity contribution in [3.8, 4) is 0 Å². The Morgan fingerprint density at radius 3 is 2.43 bits per heavy atom. The minimum Gasteiger partial charge on any atom is -0.297 e. The Labute approximate surface area is 123 Å². The molecule has 0 aromatic heterocycles. The van der Waals surface area contributed by atoms with E-state index >= 15 is 0 Å². The van der Waals surface area contributed by atoms with Crippen LogP contribution in [-0.2, 0) is 10.0 Å². The van der Waals surface area contributed by atoms with Crippen molar-refractivity contribution in [2.24, 2.45) is 0 Å². The monoisotopic (exact) mass is 311 g/mol. The Balaban J connectivity index is 2.24. The van der Waals surface area contributed by atoms with E-state index in [1.807, 2.05) is 0 Å². The van der Waals surface area contributed by atoms with E-state index < -0.39 is 14.9 Å². The number of para-hydroxylation sites is 1. The van der Waals surface area contributed by atoms with E-state index in [1.54, 1.807) is 6.08 Å². The fourth-order valence-electron chi connectivity index (χ4n) is 2.30. The second-order valence-corrected chi connectivity index (χ2v) is 6.62. The summed E-state index contributed by atoms with van der Waals surface area (Å²) in [5.41, 5.74) is -0.383. The quantitative estimate of drug-likeness (QED) is 0.462. The van der Waals surface area contributed by atoms with Crippen LogP contribution in [0.25, 0.3) is 0 Å². The highest BCUT2D eigenvalue weighted by Crippen LogP contribution is 2.26. The van der Waals surface area contributed by atoms with Crippen LogP contribution in [-0.4, -0.2) is 55.3 Å². The third kappa shape index (κ3) is 3.29. The van der Waals surface area contributed by atoms with Gasteiger partial charge in [0.25, 0.3) is 5.69 Å². The van der Waals surface area contributed by atoms with E-state index in [0.29, 0.717) is 32.7 Å². The first-order chi connectivity index (χ1) is 9.96. The second-order valence-electron chi connectivity index (χ2n) is 4.72. The maximum absolute atomic E-state index is 12.6. The summed E-state index contributed by atoms with van der Waals surface area (Å²) in [4.78, 5) is 12.2. The van der Waals surface area contributed by atoms with Crippen molar-refractivity contribution >= 4 is 15.7 Å². The maximum Gasteiger partial charge on any atom is 0.289 e. The Kier molecular flexibility index (Phi) is 4.71. The molecule has 0 bridgehead atoms. The molecule has 0 aliphatic carbocycles. The van der Waals surface area contributed by atoms with Crippen molar-refractivity contribution in [2.75, 3.05) is 32.7 Å². The van der Waals surface area contributed by atoms with Gasteiger partial charge >= 0.3 is 0 Å². The molecule has 2 rings (SSSR count). The summed E-state index contributed by atoms with van der Waals surface area (Å²) in [7, 11) is -3.84. The van der Waals surface area contributed by atoms with Gasteiger partial charge in [0.2, 0.25) is 10.0 Å². The fourth-order valence-corrected chi connectivity index (χ4v) is 3.88. The molecule has 1 heterocycles. The molecule has 0 spiro atoms. The normalized spacial score (nSPS) is 17.5. The number of nitrogens with zero attached hydrogens (tertiary/aromatic N) is 3. The van der Waals surface area contributed by atoms with Crippen LogP contribution >= 0.6 is 0 Å². The number of benzene rings is 1. The number of piperazine rings is 1. The standard InChI is InChI=1S/C13H17N3O4S/c1-2-7-14-8-10-15(11-9-14)21(19,20)13-6-4-3-5-12(13)16(17)18/h2-6H,1,7-11H2. The molecule has 0 unspecified atom stereocenters. The highest BCUT2D eigenvalue weighted by molar-refractivity contribution is 7.89. The van der Waals surface area contributed by atoms with Crippen molar-refractivity contribution in [1.29, 1.82) is 0 Å². The molecule has 21 heavy (non-hydrogen) atoms. The molecule has 1 aromatic rings. The lowest BCUT2D eigenvalue weighted by atomic mass is 10.3. The first-order valence-corrected chi connectivity index (χ1v) is 7.97. The van der Waals surface area contributed by atoms with Crippen LogP contribution in [0.3, 0.4) is 0 Å². The molecule has 0 radical (unpaired) electrons. The molecule has 0 amide bonds. The molecule has 0 saturated carbocycles. The molecule has 0 N–H and O–H groups in total. The summed E-state index contributed by atoms with van der Waals surface area (Å²) in [6, 6.07) is 5.44. The Morgan fingerprint density at radius 2 is 1.86 bits per heavy atom. The summed E-state index contributed by atoms with van der Waals surface area (Å²) in [5.74, 6) is 0. The molecule has 114 valence electrons. The summed E-state index contributed by atoms with van der Waals surface area (Å²) in [6.45, 7) is 6.18. The third-order valence-corrected chi connectivity index (χ3v) is 5.34. The fraction of sp³-hybridized carbons (Fsp3) is 0.385. The SMILES string of the molecule is C=CCN1CCN(S(=O)(=O)c2ccccc2[N+](=O)[O-])CC1. The number of hydrogen-bond acceptors (Lipinski definition) is 5. The smallest absolute Gasteiger partial charge is 0.289 e. The predicted molar refractivity (Wildman–Crippen MR) is 78.5 cm³/mol. The zero-order valence-electron chi connectivity index (χ0n) is 11.5. The van der Waals surface area contributed by atoms with Crippen LogP contribution in [0.4, 0.5) is 5.69 Å². The summed E-state index contributed by atoms with van der Waals surface area (Å²) in [6.07, 6.45) is 1.77. The minimum absolute atomic E-state index is 0.243. The highest BCUT2D eigenvalue weighted by Gasteiger charge is 2.33. The summed E-state index contributed by atoms with van der Waals surface area (Å²) in [5, 5.41) is 11.0. The molecule has 0 atom stereocenters. The van der Waals surface area contributed by atoms with Gasteiger partial charge in [0, 0.05) is 38.8 Å². The van der Waals surface area contributed by atoms with Crippen molar-refractivity contribution in [3.05, 3.63) is 47.0 Å². The van der Waals surface area contributed by atoms with E-state index in [4.69, 9.17) is 0 Å². The molecule has 1 saturated heterocycles. The third-order valence-electron chi connectivity index (χ3n) is 3.40. The van der Waals surface area contributed by atoms with E-state index in [-0.39, 0.29) is 10.6 Å². The maximum atomic E-state index is 12.6. The molecular weight excluding hydrogens is 294 g/mol. The zero-order valence-corrected chi connectivity index (χ0v) is 12.3. The lowest BCUT2D eigenvalue weighted by molar-refractivity contribution is -0.387.